The lowest BCUT2D eigenvalue weighted by molar-refractivity contribution is 0.0697. The van der Waals surface area contributed by atoms with E-state index in [0.717, 1.165) is 12.1 Å². The summed E-state index contributed by atoms with van der Waals surface area (Å²) in [5.74, 6) is -0.347. The van der Waals surface area contributed by atoms with E-state index in [1.807, 2.05) is 12.1 Å². The number of aromatic carboxylic acids is 1. The summed E-state index contributed by atoms with van der Waals surface area (Å²) in [4.78, 5) is 11.1. The van der Waals surface area contributed by atoms with Crippen molar-refractivity contribution >= 4 is 17.3 Å². The number of rotatable bonds is 7. The first-order valence-corrected chi connectivity index (χ1v) is 7.41. The van der Waals surface area contributed by atoms with Gasteiger partial charge in [-0.1, -0.05) is 25.5 Å². The number of anilines is 2. The van der Waals surface area contributed by atoms with Crippen molar-refractivity contribution in [3.05, 3.63) is 53.6 Å². The second-order valence-electron chi connectivity index (χ2n) is 5.15. The van der Waals surface area contributed by atoms with Crippen molar-refractivity contribution in [2.75, 3.05) is 12.4 Å². The molecule has 0 radical (unpaired) electrons. The van der Waals surface area contributed by atoms with E-state index < -0.39 is 5.97 Å². The molecule has 0 aliphatic heterocycles. The van der Waals surface area contributed by atoms with Crippen LogP contribution >= 0.6 is 0 Å². The lowest BCUT2D eigenvalue weighted by Gasteiger charge is -2.12. The Balaban J connectivity index is 2.18. The summed E-state index contributed by atoms with van der Waals surface area (Å²) in [6, 6.07) is 12.9. The van der Waals surface area contributed by atoms with Crippen molar-refractivity contribution in [3.63, 3.8) is 0 Å². The Morgan fingerprint density at radius 3 is 2.50 bits per heavy atom. The molecule has 0 spiro atoms. The quantitative estimate of drug-likeness (QED) is 0.791. The van der Waals surface area contributed by atoms with E-state index in [2.05, 4.69) is 24.4 Å². The summed E-state index contributed by atoms with van der Waals surface area (Å²) in [7, 11) is 1.56. The van der Waals surface area contributed by atoms with Crippen LogP contribution in [-0.2, 0) is 6.42 Å². The van der Waals surface area contributed by atoms with Crippen molar-refractivity contribution in [1.29, 1.82) is 0 Å². The average Bonchev–Trinajstić information content (AvgIpc) is 2.54. The third-order valence-electron chi connectivity index (χ3n) is 3.50. The second-order valence-corrected chi connectivity index (χ2v) is 5.15. The SMILES string of the molecule is CCCCc1ccc(Nc2cc(C(=O)O)ccc2OC)cc1. The van der Waals surface area contributed by atoms with Gasteiger partial charge >= 0.3 is 5.97 Å². The fraction of sp³-hybridized carbons (Fsp3) is 0.278. The predicted octanol–water partition coefficient (Wildman–Crippen LogP) is 4.48. The maximum atomic E-state index is 11.1. The van der Waals surface area contributed by atoms with Crippen LogP contribution in [0, 0.1) is 0 Å². The van der Waals surface area contributed by atoms with E-state index in [9.17, 15) is 4.79 Å². The molecule has 2 aromatic carbocycles. The summed E-state index contributed by atoms with van der Waals surface area (Å²) in [5, 5.41) is 12.3. The minimum absolute atomic E-state index is 0.225. The van der Waals surface area contributed by atoms with Crippen LogP contribution in [0.4, 0.5) is 11.4 Å². The zero-order chi connectivity index (χ0) is 15.9. The van der Waals surface area contributed by atoms with Gasteiger partial charge in [0.2, 0.25) is 0 Å². The van der Waals surface area contributed by atoms with Gasteiger partial charge in [-0.25, -0.2) is 4.79 Å². The third-order valence-corrected chi connectivity index (χ3v) is 3.50. The first kappa shape index (κ1) is 15.9. The van der Waals surface area contributed by atoms with E-state index in [1.54, 1.807) is 19.2 Å². The highest BCUT2D eigenvalue weighted by Crippen LogP contribution is 2.29. The molecule has 4 heteroatoms. The Bertz CT molecular complexity index is 635. The molecular formula is C18H21NO3. The van der Waals surface area contributed by atoms with Crippen molar-refractivity contribution in [2.24, 2.45) is 0 Å². The number of carboxylic acid groups (broad SMARTS) is 1. The van der Waals surface area contributed by atoms with Crippen LogP contribution in [0.15, 0.2) is 42.5 Å². The molecule has 22 heavy (non-hydrogen) atoms. The molecule has 116 valence electrons. The van der Waals surface area contributed by atoms with Crippen LogP contribution in [0.5, 0.6) is 5.75 Å². The highest BCUT2D eigenvalue weighted by Gasteiger charge is 2.09. The number of aryl methyl sites for hydroxylation is 1. The Hall–Kier alpha value is -2.49. The van der Waals surface area contributed by atoms with Gasteiger partial charge in [0.15, 0.2) is 0 Å². The third kappa shape index (κ3) is 4.01. The maximum absolute atomic E-state index is 11.1. The molecule has 2 N–H and O–H groups in total. The lowest BCUT2D eigenvalue weighted by atomic mass is 10.1. The van der Waals surface area contributed by atoms with Crippen molar-refractivity contribution in [3.8, 4) is 5.75 Å². The van der Waals surface area contributed by atoms with Crippen LogP contribution in [0.3, 0.4) is 0 Å². The lowest BCUT2D eigenvalue weighted by Crippen LogP contribution is -2.00. The fourth-order valence-corrected chi connectivity index (χ4v) is 2.23. The number of hydrogen-bond acceptors (Lipinski definition) is 3. The number of methoxy groups -OCH3 is 1. The maximum Gasteiger partial charge on any atom is 0.335 e. The molecule has 0 aliphatic carbocycles. The number of carbonyl (C=O) groups is 1. The highest BCUT2D eigenvalue weighted by molar-refractivity contribution is 5.90. The summed E-state index contributed by atoms with van der Waals surface area (Å²) < 4.78 is 5.27. The highest BCUT2D eigenvalue weighted by atomic mass is 16.5. The molecule has 4 nitrogen and oxygen atoms in total. The van der Waals surface area contributed by atoms with Gasteiger partial charge in [0.25, 0.3) is 0 Å². The summed E-state index contributed by atoms with van der Waals surface area (Å²) in [5.41, 5.74) is 3.08. The minimum Gasteiger partial charge on any atom is -0.495 e. The van der Waals surface area contributed by atoms with Crippen molar-refractivity contribution in [1.82, 2.24) is 0 Å². The largest absolute Gasteiger partial charge is 0.495 e. The Labute approximate surface area is 130 Å². The molecule has 0 heterocycles. The summed E-state index contributed by atoms with van der Waals surface area (Å²) in [6.07, 6.45) is 3.44. The Morgan fingerprint density at radius 1 is 1.18 bits per heavy atom. The van der Waals surface area contributed by atoms with E-state index in [0.29, 0.717) is 11.4 Å². The molecule has 0 atom stereocenters. The first-order valence-electron chi connectivity index (χ1n) is 7.41. The monoisotopic (exact) mass is 299 g/mol. The van der Waals surface area contributed by atoms with Crippen LogP contribution in [0.25, 0.3) is 0 Å². The Morgan fingerprint density at radius 2 is 1.91 bits per heavy atom. The number of hydrogen-bond donors (Lipinski definition) is 2. The van der Waals surface area contributed by atoms with E-state index in [4.69, 9.17) is 9.84 Å². The minimum atomic E-state index is -0.958. The standard InChI is InChI=1S/C18H21NO3/c1-3-4-5-13-6-9-15(10-7-13)19-16-12-14(18(20)21)8-11-17(16)22-2/h6-12,19H,3-5H2,1-2H3,(H,20,21). The van der Waals surface area contributed by atoms with Gasteiger partial charge < -0.3 is 15.2 Å². The zero-order valence-electron chi connectivity index (χ0n) is 12.9. The average molecular weight is 299 g/mol. The van der Waals surface area contributed by atoms with Gasteiger partial charge in [-0.2, -0.15) is 0 Å². The number of carboxylic acids is 1. The molecule has 0 bridgehead atoms. The van der Waals surface area contributed by atoms with Gasteiger partial charge in [0.05, 0.1) is 18.4 Å². The smallest absolute Gasteiger partial charge is 0.335 e. The first-order chi connectivity index (χ1) is 10.6. The second kappa shape index (κ2) is 7.50. The normalized spacial score (nSPS) is 10.3. The van der Waals surface area contributed by atoms with Gasteiger partial charge in [-0.05, 0) is 48.7 Å². The van der Waals surface area contributed by atoms with Crippen LogP contribution in [0.2, 0.25) is 0 Å². The molecular weight excluding hydrogens is 278 g/mol. The van der Waals surface area contributed by atoms with Gasteiger partial charge in [-0.15, -0.1) is 0 Å². The molecule has 2 aromatic rings. The van der Waals surface area contributed by atoms with Gasteiger partial charge in [-0.3, -0.25) is 0 Å². The van der Waals surface area contributed by atoms with Gasteiger partial charge in [0, 0.05) is 5.69 Å². The van der Waals surface area contributed by atoms with Crippen molar-refractivity contribution in [2.45, 2.75) is 26.2 Å². The molecule has 0 unspecified atom stereocenters. The van der Waals surface area contributed by atoms with E-state index >= 15 is 0 Å². The van der Waals surface area contributed by atoms with Crippen LogP contribution < -0.4 is 10.1 Å². The summed E-state index contributed by atoms with van der Waals surface area (Å²) in [6.45, 7) is 2.18. The van der Waals surface area contributed by atoms with Crippen LogP contribution in [-0.4, -0.2) is 18.2 Å². The topological polar surface area (TPSA) is 58.6 Å². The number of nitrogens with one attached hydrogen (secondary N) is 1. The zero-order valence-corrected chi connectivity index (χ0v) is 12.9. The van der Waals surface area contributed by atoms with Crippen molar-refractivity contribution < 1.29 is 14.6 Å². The molecule has 0 amide bonds. The molecule has 0 aliphatic rings. The Kier molecular flexibility index (Phi) is 5.42. The molecule has 0 aromatic heterocycles. The number of ether oxygens (including phenoxy) is 1. The van der Waals surface area contributed by atoms with Crippen LogP contribution in [0.1, 0.15) is 35.7 Å². The van der Waals surface area contributed by atoms with Gasteiger partial charge in [0.1, 0.15) is 5.75 Å². The molecule has 0 saturated heterocycles. The predicted molar refractivity (Wildman–Crippen MR) is 88.3 cm³/mol. The molecule has 2 rings (SSSR count). The fourth-order valence-electron chi connectivity index (χ4n) is 2.23. The van der Waals surface area contributed by atoms with E-state index in [-0.39, 0.29) is 5.56 Å². The van der Waals surface area contributed by atoms with E-state index in [1.165, 1.54) is 24.5 Å². The number of unbranched alkanes of at least 4 members (excludes halogenated alkanes) is 1. The molecule has 0 fully saturated rings. The summed E-state index contributed by atoms with van der Waals surface area (Å²) >= 11 is 0. The molecule has 0 saturated carbocycles. The number of benzene rings is 2.